The van der Waals surface area contributed by atoms with Gasteiger partial charge in [0.1, 0.15) is 0 Å². The lowest BCUT2D eigenvalue weighted by molar-refractivity contribution is -0.117. The van der Waals surface area contributed by atoms with E-state index >= 15 is 0 Å². The van der Waals surface area contributed by atoms with Crippen molar-refractivity contribution >= 4 is 35.0 Å². The van der Waals surface area contributed by atoms with Gasteiger partial charge < -0.3 is 5.32 Å². The minimum atomic E-state index is -0.429. The third kappa shape index (κ3) is 6.32. The molecule has 0 aliphatic carbocycles. The maximum atomic E-state index is 11.6. The highest BCUT2D eigenvalue weighted by Gasteiger charge is 2.07. The summed E-state index contributed by atoms with van der Waals surface area (Å²) in [5.74, 6) is 0.760. The van der Waals surface area contributed by atoms with Crippen molar-refractivity contribution in [2.45, 2.75) is 12.2 Å². The molecule has 3 amide bonds. The number of carbonyl (C=O) groups excluding carboxylic acids is 2. The van der Waals surface area contributed by atoms with Gasteiger partial charge in [-0.25, -0.2) is 4.79 Å². The molecule has 1 aromatic carbocycles. The first-order valence-corrected chi connectivity index (χ1v) is 8.99. The van der Waals surface area contributed by atoms with Crippen LogP contribution in [0, 0.1) is 0 Å². The molecule has 0 aliphatic rings. The van der Waals surface area contributed by atoms with E-state index in [2.05, 4.69) is 10.6 Å². The highest BCUT2D eigenvalue weighted by molar-refractivity contribution is 7.99. The zero-order chi connectivity index (χ0) is 15.6. The van der Waals surface area contributed by atoms with Gasteiger partial charge in [-0.2, -0.15) is 0 Å². The molecule has 2 N–H and O–H groups in total. The van der Waals surface area contributed by atoms with Crippen molar-refractivity contribution in [2.75, 3.05) is 12.3 Å². The molecular weight excluding hydrogens is 316 g/mol. The van der Waals surface area contributed by atoms with Gasteiger partial charge in [0, 0.05) is 17.2 Å². The summed E-state index contributed by atoms with van der Waals surface area (Å²) in [7, 11) is 0. The predicted octanol–water partition coefficient (Wildman–Crippen LogP) is 3.05. The van der Waals surface area contributed by atoms with Crippen molar-refractivity contribution in [1.29, 1.82) is 0 Å². The fourth-order valence-electron chi connectivity index (χ4n) is 1.80. The van der Waals surface area contributed by atoms with Crippen molar-refractivity contribution in [1.82, 2.24) is 10.6 Å². The lowest BCUT2D eigenvalue weighted by Crippen LogP contribution is -2.41. The van der Waals surface area contributed by atoms with E-state index in [1.807, 2.05) is 47.8 Å². The number of nitrogens with one attached hydrogen (secondary N) is 2. The topological polar surface area (TPSA) is 58.2 Å². The summed E-state index contributed by atoms with van der Waals surface area (Å²) in [4.78, 5) is 24.4. The molecule has 0 unspecified atom stereocenters. The number of thiophene rings is 1. The maximum Gasteiger partial charge on any atom is 0.321 e. The number of benzene rings is 1. The molecule has 0 saturated carbocycles. The van der Waals surface area contributed by atoms with Crippen LogP contribution in [-0.2, 0) is 17.0 Å². The van der Waals surface area contributed by atoms with Gasteiger partial charge in [0.25, 0.3) is 0 Å². The Morgan fingerprint density at radius 1 is 1.09 bits per heavy atom. The first-order valence-electron chi connectivity index (χ1n) is 6.96. The molecule has 0 bridgehead atoms. The Morgan fingerprint density at radius 3 is 2.64 bits per heavy atom. The molecule has 0 fully saturated rings. The highest BCUT2D eigenvalue weighted by Crippen LogP contribution is 2.11. The van der Waals surface area contributed by atoms with Crippen molar-refractivity contribution in [3.8, 4) is 0 Å². The first-order chi connectivity index (χ1) is 10.7. The SMILES string of the molecule is O=C(CSCc1ccccc1)NC(=O)NCCc1cccs1. The van der Waals surface area contributed by atoms with Crippen LogP contribution in [-0.4, -0.2) is 24.2 Å². The molecule has 2 rings (SSSR count). The zero-order valence-corrected chi connectivity index (χ0v) is 13.7. The number of urea groups is 1. The number of hydrogen-bond donors (Lipinski definition) is 2. The smallest absolute Gasteiger partial charge is 0.321 e. The summed E-state index contributed by atoms with van der Waals surface area (Å²) in [5.41, 5.74) is 1.17. The summed E-state index contributed by atoms with van der Waals surface area (Å²) in [6, 6.07) is 13.5. The molecule has 0 aliphatic heterocycles. The van der Waals surface area contributed by atoms with Crippen LogP contribution in [0.25, 0.3) is 0 Å². The molecule has 0 atom stereocenters. The number of amides is 3. The molecule has 1 aromatic heterocycles. The molecule has 4 nitrogen and oxygen atoms in total. The van der Waals surface area contributed by atoms with Crippen molar-refractivity contribution in [3.05, 3.63) is 58.3 Å². The van der Waals surface area contributed by atoms with Crippen molar-refractivity contribution < 1.29 is 9.59 Å². The van der Waals surface area contributed by atoms with E-state index in [4.69, 9.17) is 0 Å². The van der Waals surface area contributed by atoms with Crippen LogP contribution in [0.15, 0.2) is 47.8 Å². The minimum absolute atomic E-state index is 0.269. The molecule has 0 saturated heterocycles. The molecule has 1 heterocycles. The number of imide groups is 1. The van der Waals surface area contributed by atoms with Crippen LogP contribution in [0.4, 0.5) is 4.79 Å². The monoisotopic (exact) mass is 334 g/mol. The van der Waals surface area contributed by atoms with E-state index in [1.165, 1.54) is 22.2 Å². The van der Waals surface area contributed by atoms with Gasteiger partial charge in [0.15, 0.2) is 0 Å². The Hall–Kier alpha value is -1.79. The summed E-state index contributed by atoms with van der Waals surface area (Å²) in [6.07, 6.45) is 0.780. The largest absolute Gasteiger partial charge is 0.337 e. The maximum absolute atomic E-state index is 11.6. The Labute approximate surface area is 138 Å². The highest BCUT2D eigenvalue weighted by atomic mass is 32.2. The zero-order valence-electron chi connectivity index (χ0n) is 12.1. The van der Waals surface area contributed by atoms with E-state index in [9.17, 15) is 9.59 Å². The third-order valence-electron chi connectivity index (χ3n) is 2.83. The summed E-state index contributed by atoms with van der Waals surface area (Å²) < 4.78 is 0. The van der Waals surface area contributed by atoms with Gasteiger partial charge in [-0.1, -0.05) is 36.4 Å². The lowest BCUT2D eigenvalue weighted by Gasteiger charge is -2.06. The standard InChI is InChI=1S/C16H18N2O2S2/c19-15(12-21-11-13-5-2-1-3-6-13)18-16(20)17-9-8-14-7-4-10-22-14/h1-7,10H,8-9,11-12H2,(H2,17,18,19,20). The average molecular weight is 334 g/mol. The van der Waals surface area contributed by atoms with Crippen LogP contribution in [0.3, 0.4) is 0 Å². The minimum Gasteiger partial charge on any atom is -0.337 e. The Kier molecular flexibility index (Phi) is 6.99. The fourth-order valence-corrected chi connectivity index (χ4v) is 3.29. The molecule has 2 aromatic rings. The van der Waals surface area contributed by atoms with E-state index in [0.717, 1.165) is 12.2 Å². The summed E-state index contributed by atoms with van der Waals surface area (Å²) in [5, 5.41) is 7.03. The summed E-state index contributed by atoms with van der Waals surface area (Å²) in [6.45, 7) is 0.525. The van der Waals surface area contributed by atoms with Gasteiger partial charge >= 0.3 is 6.03 Å². The molecule has 22 heavy (non-hydrogen) atoms. The molecular formula is C16H18N2O2S2. The Bertz CT molecular complexity index is 585. The number of carbonyl (C=O) groups is 2. The van der Waals surface area contributed by atoms with Crippen LogP contribution in [0.2, 0.25) is 0 Å². The molecule has 6 heteroatoms. The van der Waals surface area contributed by atoms with Gasteiger partial charge in [-0.05, 0) is 23.4 Å². The van der Waals surface area contributed by atoms with Crippen molar-refractivity contribution in [3.63, 3.8) is 0 Å². The second kappa shape index (κ2) is 9.27. The second-order valence-electron chi connectivity index (χ2n) is 4.61. The fraction of sp³-hybridized carbons (Fsp3) is 0.250. The average Bonchev–Trinajstić information content (AvgIpc) is 3.01. The van der Waals surface area contributed by atoms with Gasteiger partial charge in [0.2, 0.25) is 5.91 Å². The number of thioether (sulfide) groups is 1. The number of hydrogen-bond acceptors (Lipinski definition) is 4. The normalized spacial score (nSPS) is 10.2. The third-order valence-corrected chi connectivity index (χ3v) is 4.77. The van der Waals surface area contributed by atoms with E-state index in [-0.39, 0.29) is 11.7 Å². The van der Waals surface area contributed by atoms with Gasteiger partial charge in [-0.3, -0.25) is 10.1 Å². The Morgan fingerprint density at radius 2 is 1.91 bits per heavy atom. The van der Waals surface area contributed by atoms with Crippen LogP contribution >= 0.6 is 23.1 Å². The molecule has 0 radical (unpaired) electrons. The Balaban J connectivity index is 1.57. The predicted molar refractivity (Wildman–Crippen MR) is 92.2 cm³/mol. The molecule has 116 valence electrons. The number of rotatable bonds is 7. The second-order valence-corrected chi connectivity index (χ2v) is 6.63. The lowest BCUT2D eigenvalue weighted by atomic mass is 10.2. The quantitative estimate of drug-likeness (QED) is 0.818. The summed E-state index contributed by atoms with van der Waals surface area (Å²) >= 11 is 3.14. The van der Waals surface area contributed by atoms with Crippen LogP contribution < -0.4 is 10.6 Å². The van der Waals surface area contributed by atoms with Gasteiger partial charge in [-0.15, -0.1) is 23.1 Å². The van der Waals surface area contributed by atoms with E-state index in [0.29, 0.717) is 6.54 Å². The van der Waals surface area contributed by atoms with Crippen LogP contribution in [0.5, 0.6) is 0 Å². The molecule has 0 spiro atoms. The van der Waals surface area contributed by atoms with Crippen LogP contribution in [0.1, 0.15) is 10.4 Å². The first kappa shape index (κ1) is 16.6. The van der Waals surface area contributed by atoms with Crippen molar-refractivity contribution in [2.24, 2.45) is 0 Å². The van der Waals surface area contributed by atoms with E-state index in [1.54, 1.807) is 11.3 Å². The van der Waals surface area contributed by atoms with E-state index < -0.39 is 6.03 Å². The van der Waals surface area contributed by atoms with Gasteiger partial charge in [0.05, 0.1) is 5.75 Å².